The topological polar surface area (TPSA) is 48.0 Å². The zero-order chi connectivity index (χ0) is 15.8. The Morgan fingerprint density at radius 1 is 0.826 bits per heavy atom. The van der Waals surface area contributed by atoms with Crippen molar-refractivity contribution >= 4 is 5.91 Å². The second kappa shape index (κ2) is 5.43. The Morgan fingerprint density at radius 2 is 1.43 bits per heavy atom. The predicted molar refractivity (Wildman–Crippen MR) is 90.0 cm³/mol. The molecule has 2 aromatic carbocycles. The van der Waals surface area contributed by atoms with Gasteiger partial charge >= 0.3 is 0 Å². The molecule has 1 heterocycles. The number of hydrogen-bond donors (Lipinski definition) is 1. The smallest absolute Gasteiger partial charge is 0.223 e. The van der Waals surface area contributed by atoms with Gasteiger partial charge in [0.2, 0.25) is 5.91 Å². The molecule has 0 saturated heterocycles. The van der Waals surface area contributed by atoms with E-state index in [1.807, 2.05) is 54.9 Å². The normalized spacial score (nSPS) is 22.7. The summed E-state index contributed by atoms with van der Waals surface area (Å²) in [5, 5.41) is 0. The molecule has 2 N–H and O–H groups in total. The molecule has 0 spiro atoms. The van der Waals surface area contributed by atoms with Crippen molar-refractivity contribution in [3.05, 3.63) is 95.8 Å². The number of fused-ring (bicyclic) bond motifs is 1. The van der Waals surface area contributed by atoms with Crippen LogP contribution >= 0.6 is 0 Å². The molecular weight excluding hydrogens is 284 g/mol. The summed E-state index contributed by atoms with van der Waals surface area (Å²) >= 11 is 0. The first-order valence-electron chi connectivity index (χ1n) is 7.83. The van der Waals surface area contributed by atoms with Crippen LogP contribution < -0.4 is 5.73 Å². The van der Waals surface area contributed by atoms with Gasteiger partial charge in [0.05, 0.1) is 12.0 Å². The van der Waals surface area contributed by atoms with Gasteiger partial charge in [-0.15, -0.1) is 0 Å². The Hall–Kier alpha value is -2.81. The largest absolute Gasteiger partial charge is 0.369 e. The third-order valence-corrected chi connectivity index (χ3v) is 4.78. The van der Waals surface area contributed by atoms with E-state index in [0.717, 1.165) is 5.56 Å². The highest BCUT2D eigenvalue weighted by Crippen LogP contribution is 2.50. The highest BCUT2D eigenvalue weighted by Gasteiger charge is 2.45. The van der Waals surface area contributed by atoms with Crippen LogP contribution in [0.3, 0.4) is 0 Å². The maximum atomic E-state index is 12.4. The van der Waals surface area contributed by atoms with Crippen molar-refractivity contribution in [3.8, 4) is 0 Å². The third-order valence-electron chi connectivity index (χ3n) is 4.78. The molecule has 3 nitrogen and oxygen atoms in total. The minimum absolute atomic E-state index is 0.00250. The first-order chi connectivity index (χ1) is 11.3. The number of hydrogen-bond acceptors (Lipinski definition) is 1. The molecular formula is C20H18N2O. The van der Waals surface area contributed by atoms with E-state index in [0.29, 0.717) is 0 Å². The standard InChI is InChI=1S/C20H18N2O/c21-20(23)18-17(14-8-2-1-3-9-14)15-10-4-5-11-16(15)19(18)22-12-6-7-13-22/h1-13,17-19H,(H2,21,23)/t17-,18+,19-/m1/s1. The summed E-state index contributed by atoms with van der Waals surface area (Å²) in [6, 6.07) is 22.4. The molecule has 0 radical (unpaired) electrons. The van der Waals surface area contributed by atoms with E-state index in [4.69, 9.17) is 5.73 Å². The van der Waals surface area contributed by atoms with E-state index in [9.17, 15) is 4.79 Å². The zero-order valence-electron chi connectivity index (χ0n) is 12.7. The number of benzene rings is 2. The summed E-state index contributed by atoms with van der Waals surface area (Å²) in [6.07, 6.45) is 4.01. The average molecular weight is 302 g/mol. The fraction of sp³-hybridized carbons (Fsp3) is 0.150. The second-order valence-corrected chi connectivity index (χ2v) is 6.02. The summed E-state index contributed by atoms with van der Waals surface area (Å²) < 4.78 is 2.09. The number of amides is 1. The van der Waals surface area contributed by atoms with Crippen molar-refractivity contribution in [1.82, 2.24) is 4.57 Å². The Morgan fingerprint density at radius 3 is 2.09 bits per heavy atom. The molecule has 114 valence electrons. The Kier molecular flexibility index (Phi) is 3.27. The first kappa shape index (κ1) is 13.8. The maximum absolute atomic E-state index is 12.4. The summed E-state index contributed by atoms with van der Waals surface area (Å²) in [5.41, 5.74) is 9.36. The van der Waals surface area contributed by atoms with Crippen LogP contribution in [0.2, 0.25) is 0 Å². The molecule has 0 aliphatic heterocycles. The van der Waals surface area contributed by atoms with Gasteiger partial charge < -0.3 is 10.3 Å². The van der Waals surface area contributed by atoms with Crippen molar-refractivity contribution in [1.29, 1.82) is 0 Å². The van der Waals surface area contributed by atoms with Crippen LogP contribution in [0.15, 0.2) is 79.1 Å². The van der Waals surface area contributed by atoms with Crippen molar-refractivity contribution < 1.29 is 4.79 Å². The van der Waals surface area contributed by atoms with Gasteiger partial charge in [-0.1, -0.05) is 54.6 Å². The Bertz CT molecular complexity index is 824. The van der Waals surface area contributed by atoms with Gasteiger partial charge in [0.1, 0.15) is 0 Å². The molecule has 3 aromatic rings. The molecule has 23 heavy (non-hydrogen) atoms. The SMILES string of the molecule is NC(=O)[C@H]1[C@H](c2ccccc2)c2ccccc2[C@H]1n1cccc1. The molecule has 3 atom stereocenters. The molecule has 4 rings (SSSR count). The molecule has 1 aliphatic carbocycles. The van der Waals surface area contributed by atoms with Gasteiger partial charge in [-0.25, -0.2) is 0 Å². The summed E-state index contributed by atoms with van der Waals surface area (Å²) in [4.78, 5) is 12.4. The molecule has 3 heteroatoms. The number of nitrogens with zero attached hydrogens (tertiary/aromatic N) is 1. The van der Waals surface area contributed by atoms with Crippen molar-refractivity contribution in [2.24, 2.45) is 11.7 Å². The van der Waals surface area contributed by atoms with E-state index in [1.165, 1.54) is 11.1 Å². The van der Waals surface area contributed by atoms with E-state index in [-0.39, 0.29) is 23.8 Å². The van der Waals surface area contributed by atoms with Crippen LogP contribution in [0.5, 0.6) is 0 Å². The molecule has 1 aromatic heterocycles. The van der Waals surface area contributed by atoms with E-state index in [2.05, 4.69) is 28.8 Å². The molecule has 1 amide bonds. The van der Waals surface area contributed by atoms with E-state index < -0.39 is 0 Å². The summed E-state index contributed by atoms with van der Waals surface area (Å²) in [7, 11) is 0. The predicted octanol–water partition coefficient (Wildman–Crippen LogP) is 3.32. The number of aromatic nitrogens is 1. The van der Waals surface area contributed by atoms with Gasteiger partial charge in [0.25, 0.3) is 0 Å². The van der Waals surface area contributed by atoms with Crippen molar-refractivity contribution in [2.75, 3.05) is 0 Å². The lowest BCUT2D eigenvalue weighted by molar-refractivity contribution is -0.122. The molecule has 1 aliphatic rings. The summed E-state index contributed by atoms with van der Waals surface area (Å²) in [6.45, 7) is 0. The van der Waals surface area contributed by atoms with Crippen LogP contribution in [-0.2, 0) is 4.79 Å². The fourth-order valence-electron chi connectivity index (χ4n) is 3.88. The molecule has 0 bridgehead atoms. The lowest BCUT2D eigenvalue weighted by Gasteiger charge is -2.24. The van der Waals surface area contributed by atoms with Crippen LogP contribution in [0.1, 0.15) is 28.7 Å². The average Bonchev–Trinajstić information content (AvgIpc) is 3.20. The van der Waals surface area contributed by atoms with Crippen molar-refractivity contribution in [3.63, 3.8) is 0 Å². The number of rotatable bonds is 3. The number of carbonyl (C=O) groups excluding carboxylic acids is 1. The maximum Gasteiger partial charge on any atom is 0.223 e. The molecule has 0 unspecified atom stereocenters. The summed E-state index contributed by atoms with van der Waals surface area (Å²) in [5.74, 6) is -0.548. The van der Waals surface area contributed by atoms with E-state index in [1.54, 1.807) is 0 Å². The number of nitrogens with two attached hydrogens (primary N) is 1. The van der Waals surface area contributed by atoms with Crippen LogP contribution in [-0.4, -0.2) is 10.5 Å². The zero-order valence-corrected chi connectivity index (χ0v) is 12.7. The van der Waals surface area contributed by atoms with Crippen LogP contribution in [0, 0.1) is 5.92 Å². The monoisotopic (exact) mass is 302 g/mol. The number of carbonyl (C=O) groups is 1. The fourth-order valence-corrected chi connectivity index (χ4v) is 3.88. The first-order valence-corrected chi connectivity index (χ1v) is 7.83. The van der Waals surface area contributed by atoms with Gasteiger partial charge in [-0.3, -0.25) is 4.79 Å². The van der Waals surface area contributed by atoms with Crippen molar-refractivity contribution in [2.45, 2.75) is 12.0 Å². The van der Waals surface area contributed by atoms with Gasteiger partial charge in [-0.05, 0) is 28.8 Å². The van der Waals surface area contributed by atoms with E-state index >= 15 is 0 Å². The van der Waals surface area contributed by atoms with Gasteiger partial charge in [0, 0.05) is 18.3 Å². The van der Waals surface area contributed by atoms with Crippen LogP contribution in [0.25, 0.3) is 0 Å². The molecule has 0 saturated carbocycles. The van der Waals surface area contributed by atoms with Gasteiger partial charge in [-0.2, -0.15) is 0 Å². The Labute approximate surface area is 135 Å². The van der Waals surface area contributed by atoms with Crippen LogP contribution in [0.4, 0.5) is 0 Å². The highest BCUT2D eigenvalue weighted by atomic mass is 16.1. The minimum Gasteiger partial charge on any atom is -0.369 e. The third kappa shape index (κ3) is 2.16. The quantitative estimate of drug-likeness (QED) is 0.792. The molecule has 0 fully saturated rings. The number of primary amides is 1. The minimum atomic E-state index is -0.290. The second-order valence-electron chi connectivity index (χ2n) is 6.02. The highest BCUT2D eigenvalue weighted by molar-refractivity contribution is 5.81. The lowest BCUT2D eigenvalue weighted by Crippen LogP contribution is -2.32. The lowest BCUT2D eigenvalue weighted by atomic mass is 9.84. The van der Waals surface area contributed by atoms with Gasteiger partial charge in [0.15, 0.2) is 0 Å². The Balaban J connectivity index is 1.94.